The standard InChI is InChI=1S/C75H86N2O2/c1-71(2,3)50-36-51(72(4,5)6)39-57(38-50)76(54-24-26-59-62-32-45-19-15-17-21-47(45)34-66(62)78-68(59)43-54)56-31-49-23-28-65(61-29-30-75(13,14)64(42-56)70(49)61)77(58-40-52(73(7,8)9)37-53(41-58)74(10,11)12)55-25-27-60-63-33-46-20-16-18-22-48(46)35-67(63)79-69(60)44-55/h16-17,20-21,23-28,31-34,37-44,48,50,62-63,66-67H,15,18-19,22,29-30,35-36H2,1-14H3. The zero-order valence-electron chi connectivity index (χ0n) is 50.0. The largest absolute Gasteiger partial charge is 0.489 e. The smallest absolute Gasteiger partial charge is 0.128 e. The molecule has 4 nitrogen and oxygen atoms in total. The number of benzene rings is 5. The number of rotatable bonds is 6. The van der Waals surface area contributed by atoms with Crippen LogP contribution in [0.3, 0.4) is 0 Å². The van der Waals surface area contributed by atoms with Crippen molar-refractivity contribution in [3.63, 3.8) is 0 Å². The molecule has 0 spiro atoms. The summed E-state index contributed by atoms with van der Waals surface area (Å²) in [6, 6.07) is 31.7. The van der Waals surface area contributed by atoms with E-state index in [1.165, 1.54) is 95.6 Å². The third-order valence-electron chi connectivity index (χ3n) is 19.6. The summed E-state index contributed by atoms with van der Waals surface area (Å²) in [5.41, 5.74) is 21.1. The van der Waals surface area contributed by atoms with Gasteiger partial charge in [0.2, 0.25) is 0 Å². The van der Waals surface area contributed by atoms with Gasteiger partial charge in [-0.3, -0.25) is 0 Å². The predicted molar refractivity (Wildman–Crippen MR) is 333 cm³/mol. The molecule has 5 aromatic carbocycles. The van der Waals surface area contributed by atoms with Gasteiger partial charge in [0.05, 0.1) is 0 Å². The van der Waals surface area contributed by atoms with Crippen LogP contribution >= 0.6 is 0 Å². The highest BCUT2D eigenvalue weighted by Crippen LogP contribution is 2.55. The summed E-state index contributed by atoms with van der Waals surface area (Å²) in [6.45, 7) is 33.5. The lowest BCUT2D eigenvalue weighted by Crippen LogP contribution is -2.29. The predicted octanol–water partition coefficient (Wildman–Crippen LogP) is 20.4. The van der Waals surface area contributed by atoms with Crippen LogP contribution in [0, 0.1) is 22.7 Å². The maximum absolute atomic E-state index is 7.08. The lowest BCUT2D eigenvalue weighted by Gasteiger charge is -2.40. The van der Waals surface area contributed by atoms with Gasteiger partial charge in [0.25, 0.3) is 0 Å². The SMILES string of the molecule is CC(C)(C)C1=CC(N(c2ccc3c(c2)OC2C=C4C=CCCC4=CC32)c2cc3c4c(c(N(c5cc(C(C)(C)C)cc(C(C)(C)C)c5)c5ccc6c(c5)OC5CC7CCC=CC7=CC65)ccc4c2)CCC3(C)C)=CC(C(C)(C)C)C1. The zero-order valence-corrected chi connectivity index (χ0v) is 50.0. The maximum Gasteiger partial charge on any atom is 0.128 e. The molecule has 13 rings (SSSR count). The van der Waals surface area contributed by atoms with Crippen LogP contribution < -0.4 is 19.3 Å². The summed E-state index contributed by atoms with van der Waals surface area (Å²) < 4.78 is 14.1. The average Bonchev–Trinajstić information content (AvgIpc) is 4.03. The molecule has 8 aliphatic rings. The number of anilines is 5. The lowest BCUT2D eigenvalue weighted by atomic mass is 9.69. The van der Waals surface area contributed by atoms with Crippen molar-refractivity contribution in [3.8, 4) is 11.5 Å². The van der Waals surface area contributed by atoms with E-state index in [1.807, 2.05) is 0 Å². The Labute approximate surface area is 473 Å². The first-order valence-corrected chi connectivity index (χ1v) is 30.2. The Morgan fingerprint density at radius 3 is 1.99 bits per heavy atom. The topological polar surface area (TPSA) is 24.9 Å². The van der Waals surface area contributed by atoms with Gasteiger partial charge in [-0.25, -0.2) is 0 Å². The number of nitrogens with zero attached hydrogens (tertiary/aromatic N) is 2. The van der Waals surface area contributed by atoms with Crippen molar-refractivity contribution in [1.29, 1.82) is 0 Å². The molecule has 0 radical (unpaired) electrons. The van der Waals surface area contributed by atoms with Gasteiger partial charge in [0, 0.05) is 69.2 Å². The second-order valence-electron chi connectivity index (χ2n) is 29.7. The zero-order chi connectivity index (χ0) is 55.3. The molecule has 2 aliphatic heterocycles. The van der Waals surface area contributed by atoms with Gasteiger partial charge in [-0.05, 0) is 195 Å². The molecular weight excluding hydrogens is 961 g/mol. The van der Waals surface area contributed by atoms with Gasteiger partial charge < -0.3 is 19.3 Å². The summed E-state index contributed by atoms with van der Waals surface area (Å²) in [6.07, 6.45) is 30.8. The first-order valence-electron chi connectivity index (χ1n) is 30.2. The number of aryl methyl sites for hydroxylation is 1. The minimum absolute atomic E-state index is 0.00834. The lowest BCUT2D eigenvalue weighted by molar-refractivity contribution is 0.178. The molecule has 2 heterocycles. The third-order valence-corrected chi connectivity index (χ3v) is 19.6. The molecule has 0 bridgehead atoms. The highest BCUT2D eigenvalue weighted by molar-refractivity contribution is 6.00. The van der Waals surface area contributed by atoms with E-state index in [0.717, 1.165) is 67.8 Å². The van der Waals surface area contributed by atoms with Crippen LogP contribution in [0.25, 0.3) is 10.8 Å². The van der Waals surface area contributed by atoms with Crippen molar-refractivity contribution in [3.05, 3.63) is 195 Å². The van der Waals surface area contributed by atoms with Crippen molar-refractivity contribution in [2.75, 3.05) is 9.80 Å². The van der Waals surface area contributed by atoms with Gasteiger partial charge in [-0.1, -0.05) is 169 Å². The Morgan fingerprint density at radius 2 is 1.28 bits per heavy atom. The molecule has 4 heteroatoms. The molecule has 6 atom stereocenters. The number of hydrogen-bond donors (Lipinski definition) is 0. The van der Waals surface area contributed by atoms with Crippen molar-refractivity contribution >= 4 is 39.2 Å². The van der Waals surface area contributed by atoms with Crippen LogP contribution in [0.1, 0.15) is 187 Å². The summed E-state index contributed by atoms with van der Waals surface area (Å²) >= 11 is 0. The second-order valence-corrected chi connectivity index (χ2v) is 29.7. The van der Waals surface area contributed by atoms with Gasteiger partial charge in [-0.15, -0.1) is 0 Å². The fraction of sp³-hybridized carbons (Fsp3) is 0.440. The van der Waals surface area contributed by atoms with Crippen LogP contribution in [0.15, 0.2) is 162 Å². The second kappa shape index (κ2) is 18.4. The molecule has 6 unspecified atom stereocenters. The normalized spacial score (nSPS) is 24.5. The van der Waals surface area contributed by atoms with E-state index in [1.54, 1.807) is 0 Å². The Kier molecular flexibility index (Phi) is 12.1. The molecule has 0 saturated heterocycles. The fourth-order valence-corrected chi connectivity index (χ4v) is 14.5. The first kappa shape index (κ1) is 52.1. The highest BCUT2D eigenvalue weighted by Gasteiger charge is 2.42. The summed E-state index contributed by atoms with van der Waals surface area (Å²) in [5, 5.41) is 2.68. The minimum Gasteiger partial charge on any atom is -0.489 e. The molecule has 0 saturated carbocycles. The van der Waals surface area contributed by atoms with E-state index in [9.17, 15) is 0 Å². The molecule has 0 aromatic heterocycles. The first-order chi connectivity index (χ1) is 37.4. The van der Waals surface area contributed by atoms with E-state index in [0.29, 0.717) is 11.8 Å². The summed E-state index contributed by atoms with van der Waals surface area (Å²) in [7, 11) is 0. The Bertz CT molecular complexity index is 3540. The fourth-order valence-electron chi connectivity index (χ4n) is 14.5. The van der Waals surface area contributed by atoms with Crippen molar-refractivity contribution in [2.24, 2.45) is 22.7 Å². The van der Waals surface area contributed by atoms with Crippen LogP contribution in [-0.4, -0.2) is 12.2 Å². The van der Waals surface area contributed by atoms with Gasteiger partial charge >= 0.3 is 0 Å². The Hall–Kier alpha value is -6.26. The molecule has 5 aromatic rings. The minimum atomic E-state index is -0.0786. The van der Waals surface area contributed by atoms with Gasteiger partial charge in [-0.2, -0.15) is 0 Å². The van der Waals surface area contributed by atoms with Crippen LogP contribution in [0.5, 0.6) is 11.5 Å². The molecule has 0 fully saturated rings. The third kappa shape index (κ3) is 9.20. The molecular formula is C75H86N2O2. The Balaban J connectivity index is 0.995. The Morgan fingerprint density at radius 1 is 0.595 bits per heavy atom. The molecule has 0 amide bonds. The summed E-state index contributed by atoms with van der Waals surface area (Å²) in [4.78, 5) is 5.19. The highest BCUT2D eigenvalue weighted by atomic mass is 16.5. The van der Waals surface area contributed by atoms with Crippen LogP contribution in [0.4, 0.5) is 28.4 Å². The molecule has 6 aliphatic carbocycles. The monoisotopic (exact) mass is 1050 g/mol. The average molecular weight is 1050 g/mol. The summed E-state index contributed by atoms with van der Waals surface area (Å²) in [5.74, 6) is 3.51. The van der Waals surface area contributed by atoms with Gasteiger partial charge in [0.15, 0.2) is 0 Å². The number of fused-ring (bicyclic) bond motifs is 8. The molecule has 408 valence electrons. The number of ether oxygens (including phenoxy) is 2. The van der Waals surface area contributed by atoms with E-state index < -0.39 is 0 Å². The van der Waals surface area contributed by atoms with E-state index >= 15 is 0 Å². The maximum atomic E-state index is 7.08. The molecule has 79 heavy (non-hydrogen) atoms. The quantitative estimate of drug-likeness (QED) is 0.169. The number of hydrogen-bond acceptors (Lipinski definition) is 4. The van der Waals surface area contributed by atoms with Crippen LogP contribution in [0.2, 0.25) is 0 Å². The van der Waals surface area contributed by atoms with Crippen LogP contribution in [-0.2, 0) is 22.7 Å². The van der Waals surface area contributed by atoms with E-state index in [2.05, 4.69) is 240 Å². The van der Waals surface area contributed by atoms with Crippen molar-refractivity contribution in [1.82, 2.24) is 0 Å². The van der Waals surface area contributed by atoms with E-state index in [-0.39, 0.29) is 51.1 Å². The van der Waals surface area contributed by atoms with Crippen molar-refractivity contribution in [2.45, 2.75) is 189 Å². The van der Waals surface area contributed by atoms with Crippen molar-refractivity contribution < 1.29 is 9.47 Å². The van der Waals surface area contributed by atoms with E-state index in [4.69, 9.17) is 9.47 Å². The van der Waals surface area contributed by atoms with Gasteiger partial charge in [0.1, 0.15) is 23.7 Å². The molecule has 0 N–H and O–H groups in total. The number of allylic oxidation sites excluding steroid dienone is 10.